The number of fused-ring (bicyclic) bond motifs is 2. The molecule has 2 heteroatoms. The first-order valence-corrected chi connectivity index (χ1v) is 5.32. The van der Waals surface area contributed by atoms with E-state index < -0.39 is 0 Å². The molecule has 2 aliphatic carbocycles. The van der Waals surface area contributed by atoms with Gasteiger partial charge in [0.05, 0.1) is 0 Å². The maximum absolute atomic E-state index is 6.30. The molecule has 13 heavy (non-hydrogen) atoms. The van der Waals surface area contributed by atoms with E-state index in [1.807, 2.05) is 0 Å². The van der Waals surface area contributed by atoms with Gasteiger partial charge in [0.25, 0.3) is 0 Å². The van der Waals surface area contributed by atoms with E-state index in [-0.39, 0.29) is 12.4 Å². The van der Waals surface area contributed by atoms with Gasteiger partial charge >= 0.3 is 0 Å². The summed E-state index contributed by atoms with van der Waals surface area (Å²) in [6.45, 7) is 7.08. The van der Waals surface area contributed by atoms with Gasteiger partial charge in [-0.05, 0) is 42.4 Å². The van der Waals surface area contributed by atoms with E-state index in [9.17, 15) is 0 Å². The molecule has 0 aliphatic heterocycles. The third kappa shape index (κ3) is 1.32. The second kappa shape index (κ2) is 3.43. The van der Waals surface area contributed by atoms with Crippen molar-refractivity contribution in [2.45, 2.75) is 46.1 Å². The summed E-state index contributed by atoms with van der Waals surface area (Å²) in [5, 5.41) is 0. The third-order valence-electron chi connectivity index (χ3n) is 4.82. The van der Waals surface area contributed by atoms with Crippen molar-refractivity contribution in [2.75, 3.05) is 0 Å². The fourth-order valence-corrected chi connectivity index (χ4v) is 3.54. The van der Waals surface area contributed by atoms with Crippen molar-refractivity contribution in [3.63, 3.8) is 0 Å². The summed E-state index contributed by atoms with van der Waals surface area (Å²) in [4.78, 5) is 0. The van der Waals surface area contributed by atoms with Crippen molar-refractivity contribution in [1.29, 1.82) is 0 Å². The Labute approximate surface area is 87.9 Å². The second-order valence-corrected chi connectivity index (χ2v) is 5.32. The maximum atomic E-state index is 6.30. The van der Waals surface area contributed by atoms with E-state index in [1.54, 1.807) is 0 Å². The first kappa shape index (κ1) is 11.3. The largest absolute Gasteiger partial charge is 0.327 e. The topological polar surface area (TPSA) is 26.0 Å². The van der Waals surface area contributed by atoms with Crippen LogP contribution in [-0.2, 0) is 0 Å². The van der Waals surface area contributed by atoms with Crippen LogP contribution in [0.25, 0.3) is 0 Å². The van der Waals surface area contributed by atoms with Crippen molar-refractivity contribution in [3.8, 4) is 0 Å². The van der Waals surface area contributed by atoms with Gasteiger partial charge in [-0.1, -0.05) is 20.8 Å². The Morgan fingerprint density at radius 2 is 1.92 bits per heavy atom. The fourth-order valence-electron chi connectivity index (χ4n) is 3.54. The molecule has 2 rings (SSSR count). The molecule has 2 bridgehead atoms. The molecule has 2 fully saturated rings. The Kier molecular flexibility index (Phi) is 2.99. The molecule has 0 amide bonds. The molecule has 0 radical (unpaired) electrons. The van der Waals surface area contributed by atoms with Gasteiger partial charge in [-0.15, -0.1) is 12.4 Å². The average molecular weight is 204 g/mol. The molecule has 4 atom stereocenters. The minimum Gasteiger partial charge on any atom is -0.327 e. The normalized spacial score (nSPS) is 48.2. The Bertz CT molecular complexity index is 189. The predicted octanol–water partition coefficient (Wildman–Crippen LogP) is 2.83. The Morgan fingerprint density at radius 1 is 1.31 bits per heavy atom. The summed E-state index contributed by atoms with van der Waals surface area (Å²) in [6.07, 6.45) is 4.25. The summed E-state index contributed by atoms with van der Waals surface area (Å²) in [7, 11) is 0. The van der Waals surface area contributed by atoms with E-state index in [1.165, 1.54) is 19.3 Å². The van der Waals surface area contributed by atoms with Crippen molar-refractivity contribution < 1.29 is 0 Å². The van der Waals surface area contributed by atoms with Crippen molar-refractivity contribution >= 4 is 12.4 Å². The molecule has 0 aromatic carbocycles. The maximum Gasteiger partial charge on any atom is 0.0127 e. The summed E-state index contributed by atoms with van der Waals surface area (Å²) in [5.41, 5.74) is 6.75. The minimum atomic E-state index is 0. The lowest BCUT2D eigenvalue weighted by molar-refractivity contribution is 0.0930. The van der Waals surface area contributed by atoms with Crippen LogP contribution < -0.4 is 5.73 Å². The van der Waals surface area contributed by atoms with Crippen LogP contribution in [0.3, 0.4) is 0 Å². The SMILES string of the molecule is CC(C)[C@@]1(C)[C@H]2CC[C@H](C2)[C@@H]1N.Cl. The molecule has 0 unspecified atom stereocenters. The van der Waals surface area contributed by atoms with Gasteiger partial charge in [-0.2, -0.15) is 0 Å². The van der Waals surface area contributed by atoms with Gasteiger partial charge in [-0.25, -0.2) is 0 Å². The van der Waals surface area contributed by atoms with Crippen molar-refractivity contribution in [3.05, 3.63) is 0 Å². The molecule has 0 aromatic heterocycles. The summed E-state index contributed by atoms with van der Waals surface area (Å²) >= 11 is 0. The van der Waals surface area contributed by atoms with Crippen LogP contribution >= 0.6 is 12.4 Å². The molecule has 2 N–H and O–H groups in total. The molecule has 2 saturated carbocycles. The van der Waals surface area contributed by atoms with E-state index in [0.717, 1.165) is 17.8 Å². The Morgan fingerprint density at radius 3 is 2.23 bits per heavy atom. The van der Waals surface area contributed by atoms with Gasteiger partial charge in [0.2, 0.25) is 0 Å². The molecule has 0 saturated heterocycles. The van der Waals surface area contributed by atoms with Crippen LogP contribution in [0.4, 0.5) is 0 Å². The molecule has 0 aromatic rings. The summed E-state index contributed by atoms with van der Waals surface area (Å²) in [6, 6.07) is 0.483. The number of hydrogen-bond donors (Lipinski definition) is 1. The zero-order valence-corrected chi connectivity index (χ0v) is 9.73. The molecule has 0 spiro atoms. The van der Waals surface area contributed by atoms with E-state index in [4.69, 9.17) is 5.73 Å². The minimum absolute atomic E-state index is 0. The highest BCUT2D eigenvalue weighted by molar-refractivity contribution is 5.85. The van der Waals surface area contributed by atoms with Gasteiger partial charge in [0.1, 0.15) is 0 Å². The van der Waals surface area contributed by atoms with Gasteiger partial charge in [0.15, 0.2) is 0 Å². The average Bonchev–Trinajstić information content (AvgIpc) is 2.55. The van der Waals surface area contributed by atoms with E-state index in [2.05, 4.69) is 20.8 Å². The number of nitrogens with two attached hydrogens (primary N) is 1. The first-order valence-electron chi connectivity index (χ1n) is 5.32. The number of halogens is 1. The molecule has 0 heterocycles. The van der Waals surface area contributed by atoms with E-state index >= 15 is 0 Å². The van der Waals surface area contributed by atoms with Gasteiger partial charge < -0.3 is 5.73 Å². The molecule has 1 nitrogen and oxygen atoms in total. The van der Waals surface area contributed by atoms with Crippen LogP contribution in [0.5, 0.6) is 0 Å². The fraction of sp³-hybridized carbons (Fsp3) is 1.00. The highest BCUT2D eigenvalue weighted by Gasteiger charge is 2.54. The Hall–Kier alpha value is 0.250. The monoisotopic (exact) mass is 203 g/mol. The van der Waals surface area contributed by atoms with Crippen LogP contribution in [0.15, 0.2) is 0 Å². The van der Waals surface area contributed by atoms with Gasteiger partial charge in [-0.3, -0.25) is 0 Å². The first-order chi connectivity index (χ1) is 5.56. The number of rotatable bonds is 1. The predicted molar refractivity (Wildman–Crippen MR) is 59.0 cm³/mol. The van der Waals surface area contributed by atoms with Crippen LogP contribution in [0, 0.1) is 23.2 Å². The summed E-state index contributed by atoms with van der Waals surface area (Å²) < 4.78 is 0. The summed E-state index contributed by atoms with van der Waals surface area (Å²) in [5.74, 6) is 2.53. The highest BCUT2D eigenvalue weighted by Crippen LogP contribution is 2.58. The van der Waals surface area contributed by atoms with Crippen molar-refractivity contribution in [1.82, 2.24) is 0 Å². The van der Waals surface area contributed by atoms with Crippen molar-refractivity contribution in [2.24, 2.45) is 28.9 Å². The van der Waals surface area contributed by atoms with Gasteiger partial charge in [0, 0.05) is 6.04 Å². The highest BCUT2D eigenvalue weighted by atomic mass is 35.5. The zero-order valence-electron chi connectivity index (χ0n) is 8.92. The Balaban J connectivity index is 0.000000845. The van der Waals surface area contributed by atoms with Crippen LogP contribution in [0.2, 0.25) is 0 Å². The molecular weight excluding hydrogens is 182 g/mol. The smallest absolute Gasteiger partial charge is 0.0127 e. The zero-order chi connectivity index (χ0) is 8.93. The third-order valence-corrected chi connectivity index (χ3v) is 4.82. The lowest BCUT2D eigenvalue weighted by Gasteiger charge is -2.42. The lowest BCUT2D eigenvalue weighted by atomic mass is 9.65. The molecule has 2 aliphatic rings. The standard InChI is InChI=1S/C11H21N.ClH/c1-7(2)11(3)9-5-4-8(6-9)10(11)12;/h7-10H,4-6,12H2,1-3H3;1H/t8-,9+,10+,11+;/m1./s1. The molecule has 78 valence electrons. The van der Waals surface area contributed by atoms with E-state index in [0.29, 0.717) is 11.5 Å². The lowest BCUT2D eigenvalue weighted by Crippen LogP contribution is -2.47. The number of hydrogen-bond acceptors (Lipinski definition) is 1. The second-order valence-electron chi connectivity index (χ2n) is 5.32. The quantitative estimate of drug-likeness (QED) is 0.697. The van der Waals surface area contributed by atoms with Crippen LogP contribution in [-0.4, -0.2) is 6.04 Å². The van der Waals surface area contributed by atoms with Crippen LogP contribution in [0.1, 0.15) is 40.0 Å². The molecular formula is C11H22ClN.